The van der Waals surface area contributed by atoms with E-state index >= 15 is 0 Å². The highest BCUT2D eigenvalue weighted by molar-refractivity contribution is 6.29. The Labute approximate surface area is 106 Å². The van der Waals surface area contributed by atoms with Gasteiger partial charge in [-0.1, -0.05) is 23.7 Å². The maximum absolute atomic E-state index is 5.85. The normalized spacial score (nSPS) is 10.3. The van der Waals surface area contributed by atoms with E-state index in [1.54, 1.807) is 12.1 Å². The summed E-state index contributed by atoms with van der Waals surface area (Å²) < 4.78 is 0. The Kier molecular flexibility index (Phi) is 3.20. The van der Waals surface area contributed by atoms with Gasteiger partial charge in [0.2, 0.25) is 0 Å². The molecule has 3 nitrogen and oxygen atoms in total. The lowest BCUT2D eigenvalue weighted by atomic mass is 10.1. The number of nitrogens with zero attached hydrogens (tertiary/aromatic N) is 1. The average Bonchev–Trinajstić information content (AvgIpc) is 2.28. The number of nitrogens with one attached hydrogen (secondary N) is 1. The SMILES string of the molecule is Cc1ccc(C)c(Nc2nc(Cl)ccc2N)c1. The second kappa shape index (κ2) is 4.63. The number of hydrogen-bond donors (Lipinski definition) is 2. The molecule has 88 valence electrons. The van der Waals surface area contributed by atoms with Gasteiger partial charge in [0.05, 0.1) is 5.69 Å². The molecule has 0 saturated heterocycles. The molecule has 0 bridgehead atoms. The van der Waals surface area contributed by atoms with Gasteiger partial charge < -0.3 is 11.1 Å². The summed E-state index contributed by atoms with van der Waals surface area (Å²) in [5.41, 5.74) is 9.73. The van der Waals surface area contributed by atoms with Crippen LogP contribution in [0.1, 0.15) is 11.1 Å². The van der Waals surface area contributed by atoms with Crippen LogP contribution >= 0.6 is 11.6 Å². The van der Waals surface area contributed by atoms with Crippen LogP contribution < -0.4 is 11.1 Å². The third-order valence-corrected chi connectivity index (χ3v) is 2.75. The molecule has 2 aromatic rings. The van der Waals surface area contributed by atoms with E-state index in [1.165, 1.54) is 5.56 Å². The van der Waals surface area contributed by atoms with Gasteiger partial charge in [0.15, 0.2) is 5.82 Å². The van der Waals surface area contributed by atoms with Gasteiger partial charge in [-0.05, 0) is 43.2 Å². The van der Waals surface area contributed by atoms with Crippen LogP contribution in [0.4, 0.5) is 17.2 Å². The number of anilines is 3. The van der Waals surface area contributed by atoms with Crippen molar-refractivity contribution in [3.8, 4) is 0 Å². The summed E-state index contributed by atoms with van der Waals surface area (Å²) in [6, 6.07) is 9.58. The number of aromatic nitrogens is 1. The third kappa shape index (κ3) is 2.68. The van der Waals surface area contributed by atoms with Crippen molar-refractivity contribution in [3.63, 3.8) is 0 Å². The zero-order valence-corrected chi connectivity index (χ0v) is 10.5. The first-order valence-corrected chi connectivity index (χ1v) is 5.70. The number of nitrogen functional groups attached to an aromatic ring is 1. The van der Waals surface area contributed by atoms with Gasteiger partial charge in [-0.3, -0.25) is 0 Å². The second-order valence-corrected chi connectivity index (χ2v) is 4.40. The minimum Gasteiger partial charge on any atom is -0.396 e. The number of rotatable bonds is 2. The lowest BCUT2D eigenvalue weighted by Gasteiger charge is -2.11. The van der Waals surface area contributed by atoms with Crippen LogP contribution in [0, 0.1) is 13.8 Å². The van der Waals surface area contributed by atoms with Gasteiger partial charge in [-0.15, -0.1) is 0 Å². The molecule has 1 aromatic heterocycles. The van der Waals surface area contributed by atoms with Crippen molar-refractivity contribution in [1.82, 2.24) is 4.98 Å². The van der Waals surface area contributed by atoms with Crippen molar-refractivity contribution in [2.24, 2.45) is 0 Å². The molecule has 0 saturated carbocycles. The highest BCUT2D eigenvalue weighted by atomic mass is 35.5. The Hall–Kier alpha value is -1.74. The van der Waals surface area contributed by atoms with Gasteiger partial charge in [0.1, 0.15) is 5.15 Å². The molecule has 1 heterocycles. The van der Waals surface area contributed by atoms with E-state index < -0.39 is 0 Å². The van der Waals surface area contributed by atoms with E-state index in [-0.39, 0.29) is 0 Å². The summed E-state index contributed by atoms with van der Waals surface area (Å²) in [6.45, 7) is 4.07. The molecule has 0 amide bonds. The van der Waals surface area contributed by atoms with Crippen molar-refractivity contribution in [3.05, 3.63) is 46.6 Å². The van der Waals surface area contributed by atoms with Crippen molar-refractivity contribution in [2.75, 3.05) is 11.1 Å². The summed E-state index contributed by atoms with van der Waals surface area (Å²) in [5, 5.41) is 3.62. The first-order chi connectivity index (χ1) is 8.06. The topological polar surface area (TPSA) is 50.9 Å². The maximum Gasteiger partial charge on any atom is 0.155 e. The minimum absolute atomic E-state index is 0.423. The fraction of sp³-hybridized carbons (Fsp3) is 0.154. The van der Waals surface area contributed by atoms with E-state index in [2.05, 4.69) is 28.5 Å². The van der Waals surface area contributed by atoms with E-state index in [0.717, 1.165) is 11.3 Å². The van der Waals surface area contributed by atoms with Crippen LogP contribution in [-0.4, -0.2) is 4.98 Å². The first-order valence-electron chi connectivity index (χ1n) is 5.32. The summed E-state index contributed by atoms with van der Waals surface area (Å²) in [7, 11) is 0. The highest BCUT2D eigenvalue weighted by Crippen LogP contribution is 2.25. The molecule has 0 aliphatic heterocycles. The predicted molar refractivity (Wildman–Crippen MR) is 72.9 cm³/mol. The third-order valence-electron chi connectivity index (χ3n) is 2.54. The lowest BCUT2D eigenvalue weighted by molar-refractivity contribution is 1.29. The molecular weight excluding hydrogens is 234 g/mol. The zero-order chi connectivity index (χ0) is 12.4. The van der Waals surface area contributed by atoms with Gasteiger partial charge >= 0.3 is 0 Å². The number of hydrogen-bond acceptors (Lipinski definition) is 3. The van der Waals surface area contributed by atoms with Gasteiger partial charge in [0, 0.05) is 5.69 Å². The molecule has 2 rings (SSSR count). The largest absolute Gasteiger partial charge is 0.396 e. The zero-order valence-electron chi connectivity index (χ0n) is 9.79. The predicted octanol–water partition coefficient (Wildman–Crippen LogP) is 3.68. The molecular formula is C13H14ClN3. The monoisotopic (exact) mass is 247 g/mol. The number of halogens is 1. The van der Waals surface area contributed by atoms with Crippen molar-refractivity contribution >= 4 is 28.8 Å². The molecule has 4 heteroatoms. The summed E-state index contributed by atoms with van der Waals surface area (Å²) >= 11 is 5.85. The van der Waals surface area contributed by atoms with Crippen LogP contribution in [0.2, 0.25) is 5.15 Å². The Morgan fingerprint density at radius 2 is 1.94 bits per heavy atom. The highest BCUT2D eigenvalue weighted by Gasteiger charge is 2.04. The van der Waals surface area contributed by atoms with Gasteiger partial charge in [0.25, 0.3) is 0 Å². The quantitative estimate of drug-likeness (QED) is 0.796. The molecule has 0 atom stereocenters. The Balaban J connectivity index is 2.37. The van der Waals surface area contributed by atoms with Crippen molar-refractivity contribution in [2.45, 2.75) is 13.8 Å². The van der Waals surface area contributed by atoms with Gasteiger partial charge in [-0.2, -0.15) is 0 Å². The van der Waals surface area contributed by atoms with Crippen LogP contribution in [-0.2, 0) is 0 Å². The van der Waals surface area contributed by atoms with Crippen LogP contribution in [0.15, 0.2) is 30.3 Å². The molecule has 0 fully saturated rings. The van der Waals surface area contributed by atoms with E-state index in [1.807, 2.05) is 13.8 Å². The first kappa shape index (κ1) is 11.7. The number of pyridine rings is 1. The number of aryl methyl sites for hydroxylation is 2. The molecule has 0 aliphatic carbocycles. The lowest BCUT2D eigenvalue weighted by Crippen LogP contribution is -2.00. The second-order valence-electron chi connectivity index (χ2n) is 4.02. The molecule has 17 heavy (non-hydrogen) atoms. The van der Waals surface area contributed by atoms with Crippen molar-refractivity contribution in [1.29, 1.82) is 0 Å². The fourth-order valence-corrected chi connectivity index (χ4v) is 1.69. The van der Waals surface area contributed by atoms with Gasteiger partial charge in [-0.25, -0.2) is 4.98 Å². The molecule has 0 radical (unpaired) electrons. The number of nitrogens with two attached hydrogens (primary N) is 1. The summed E-state index contributed by atoms with van der Waals surface area (Å²) in [4.78, 5) is 4.17. The standard InChI is InChI=1S/C13H14ClN3/c1-8-3-4-9(2)11(7-8)16-13-10(15)5-6-12(14)17-13/h3-7H,15H2,1-2H3,(H,16,17). The van der Waals surface area contributed by atoms with Crippen LogP contribution in [0.25, 0.3) is 0 Å². The minimum atomic E-state index is 0.423. The fourth-order valence-electron chi connectivity index (χ4n) is 1.54. The summed E-state index contributed by atoms with van der Waals surface area (Å²) in [5.74, 6) is 0.589. The molecule has 0 unspecified atom stereocenters. The molecule has 0 spiro atoms. The van der Waals surface area contributed by atoms with E-state index in [4.69, 9.17) is 17.3 Å². The molecule has 0 aliphatic rings. The Morgan fingerprint density at radius 1 is 1.18 bits per heavy atom. The Bertz CT molecular complexity index is 503. The summed E-state index contributed by atoms with van der Waals surface area (Å²) in [6.07, 6.45) is 0. The molecule has 3 N–H and O–H groups in total. The maximum atomic E-state index is 5.85. The molecule has 1 aromatic carbocycles. The van der Waals surface area contributed by atoms with E-state index in [9.17, 15) is 0 Å². The average molecular weight is 248 g/mol. The van der Waals surface area contributed by atoms with Crippen molar-refractivity contribution < 1.29 is 0 Å². The van der Waals surface area contributed by atoms with Crippen LogP contribution in [0.5, 0.6) is 0 Å². The van der Waals surface area contributed by atoms with Crippen LogP contribution in [0.3, 0.4) is 0 Å². The smallest absolute Gasteiger partial charge is 0.155 e. The van der Waals surface area contributed by atoms with E-state index in [0.29, 0.717) is 16.7 Å². The Morgan fingerprint density at radius 3 is 2.71 bits per heavy atom. The number of benzene rings is 1.